The van der Waals surface area contributed by atoms with Crippen molar-refractivity contribution < 1.29 is 29.3 Å². The summed E-state index contributed by atoms with van der Waals surface area (Å²) < 4.78 is 10.3. The molecule has 0 saturated carbocycles. The minimum atomic E-state index is -1.17. The molecule has 0 aromatic rings. The largest absolute Gasteiger partial charge is 0.479 e. The average molecular weight is 261 g/mol. The Labute approximate surface area is 105 Å². The van der Waals surface area contributed by atoms with Crippen molar-refractivity contribution in [3.05, 3.63) is 0 Å². The van der Waals surface area contributed by atoms with Crippen LogP contribution in [0.15, 0.2) is 0 Å². The Kier molecular flexibility index (Phi) is 4.53. The van der Waals surface area contributed by atoms with Crippen LogP contribution in [0.25, 0.3) is 0 Å². The number of rotatable bonds is 2. The summed E-state index contributed by atoms with van der Waals surface area (Å²) in [5.74, 6) is -1.17. The van der Waals surface area contributed by atoms with E-state index in [0.717, 1.165) is 0 Å². The fourth-order valence-electron chi connectivity index (χ4n) is 1.55. The first-order chi connectivity index (χ1) is 8.23. The molecule has 0 aliphatic carbocycles. The molecule has 0 bridgehead atoms. The lowest BCUT2D eigenvalue weighted by molar-refractivity contribution is -0.165. The number of aliphatic carboxylic acids is 1. The van der Waals surface area contributed by atoms with Crippen LogP contribution in [0.5, 0.6) is 0 Å². The van der Waals surface area contributed by atoms with Crippen LogP contribution in [0.3, 0.4) is 0 Å². The third-order valence-electron chi connectivity index (χ3n) is 2.30. The summed E-state index contributed by atoms with van der Waals surface area (Å²) in [6, 6.07) is 0. The molecular weight excluding hydrogens is 242 g/mol. The number of hydrogen-bond donors (Lipinski definition) is 2. The highest BCUT2D eigenvalue weighted by Crippen LogP contribution is 2.16. The van der Waals surface area contributed by atoms with Gasteiger partial charge in [0.15, 0.2) is 6.10 Å². The summed E-state index contributed by atoms with van der Waals surface area (Å²) in [4.78, 5) is 23.9. The predicted molar refractivity (Wildman–Crippen MR) is 61.2 cm³/mol. The number of aliphatic hydroxyl groups excluding tert-OH is 1. The minimum Gasteiger partial charge on any atom is -0.479 e. The molecule has 1 fully saturated rings. The molecule has 1 rings (SSSR count). The zero-order valence-electron chi connectivity index (χ0n) is 10.8. The molecule has 1 heterocycles. The van der Waals surface area contributed by atoms with E-state index in [1.165, 1.54) is 4.90 Å². The molecule has 1 aliphatic rings. The first-order valence-corrected chi connectivity index (χ1v) is 5.70. The first-order valence-electron chi connectivity index (χ1n) is 5.70. The van der Waals surface area contributed by atoms with Crippen molar-refractivity contribution in [2.24, 2.45) is 0 Å². The van der Waals surface area contributed by atoms with Crippen molar-refractivity contribution in [3.8, 4) is 0 Å². The Balaban J connectivity index is 2.69. The van der Waals surface area contributed by atoms with Gasteiger partial charge < -0.3 is 24.6 Å². The monoisotopic (exact) mass is 261 g/mol. The zero-order chi connectivity index (χ0) is 13.9. The Morgan fingerprint density at radius 1 is 1.39 bits per heavy atom. The highest BCUT2D eigenvalue weighted by atomic mass is 16.6. The standard InChI is InChI=1S/C11H19NO6/c1-11(2,3)18-10(16)12-4-7(6-13)17-8(5-12)9(14)15/h7-8,13H,4-6H2,1-3H3,(H,14,15). The van der Waals surface area contributed by atoms with Crippen LogP contribution in [-0.4, -0.2) is 64.7 Å². The van der Waals surface area contributed by atoms with Crippen molar-refractivity contribution >= 4 is 12.1 Å². The molecule has 1 saturated heterocycles. The summed E-state index contributed by atoms with van der Waals surface area (Å²) >= 11 is 0. The van der Waals surface area contributed by atoms with Crippen LogP contribution in [0.4, 0.5) is 4.79 Å². The lowest BCUT2D eigenvalue weighted by Crippen LogP contribution is -2.54. The molecule has 0 aromatic carbocycles. The lowest BCUT2D eigenvalue weighted by atomic mass is 10.2. The predicted octanol–water partition coefficient (Wildman–Crippen LogP) is 0.0678. The summed E-state index contributed by atoms with van der Waals surface area (Å²) in [7, 11) is 0. The van der Waals surface area contributed by atoms with E-state index in [1.54, 1.807) is 20.8 Å². The van der Waals surface area contributed by atoms with Crippen molar-refractivity contribution in [2.75, 3.05) is 19.7 Å². The molecule has 0 aromatic heterocycles. The van der Waals surface area contributed by atoms with Gasteiger partial charge in [-0.15, -0.1) is 0 Å². The highest BCUT2D eigenvalue weighted by molar-refractivity contribution is 5.75. The Hall–Kier alpha value is -1.34. The van der Waals surface area contributed by atoms with Gasteiger partial charge in [0.25, 0.3) is 0 Å². The summed E-state index contributed by atoms with van der Waals surface area (Å²) in [6.07, 6.45) is -2.44. The maximum atomic E-state index is 11.8. The zero-order valence-corrected chi connectivity index (χ0v) is 10.8. The maximum Gasteiger partial charge on any atom is 0.410 e. The molecule has 18 heavy (non-hydrogen) atoms. The van der Waals surface area contributed by atoms with Gasteiger partial charge in [0.1, 0.15) is 5.60 Å². The highest BCUT2D eigenvalue weighted by Gasteiger charge is 2.35. The van der Waals surface area contributed by atoms with Gasteiger partial charge in [-0.2, -0.15) is 0 Å². The number of hydrogen-bond acceptors (Lipinski definition) is 5. The van der Waals surface area contributed by atoms with Crippen LogP contribution in [0.1, 0.15) is 20.8 Å². The average Bonchev–Trinajstić information content (AvgIpc) is 2.26. The smallest absolute Gasteiger partial charge is 0.410 e. The van der Waals surface area contributed by atoms with Crippen molar-refractivity contribution in [1.82, 2.24) is 4.90 Å². The lowest BCUT2D eigenvalue weighted by Gasteiger charge is -2.36. The molecule has 1 aliphatic heterocycles. The van der Waals surface area contributed by atoms with Crippen LogP contribution >= 0.6 is 0 Å². The van der Waals surface area contributed by atoms with Crippen molar-refractivity contribution in [1.29, 1.82) is 0 Å². The molecule has 104 valence electrons. The van der Waals surface area contributed by atoms with Gasteiger partial charge in [0.2, 0.25) is 0 Å². The van der Waals surface area contributed by atoms with Crippen LogP contribution in [0, 0.1) is 0 Å². The first kappa shape index (κ1) is 14.7. The van der Waals surface area contributed by atoms with E-state index in [-0.39, 0.29) is 19.7 Å². The minimum absolute atomic E-state index is 0.0826. The number of ether oxygens (including phenoxy) is 2. The number of amides is 1. The van der Waals surface area contributed by atoms with Gasteiger partial charge in [-0.25, -0.2) is 9.59 Å². The normalized spacial score (nSPS) is 24.8. The van der Waals surface area contributed by atoms with E-state index >= 15 is 0 Å². The Morgan fingerprint density at radius 2 is 2.00 bits per heavy atom. The summed E-state index contributed by atoms with van der Waals surface area (Å²) in [6.45, 7) is 4.87. The second kappa shape index (κ2) is 5.53. The quantitative estimate of drug-likeness (QED) is 0.730. The van der Waals surface area contributed by atoms with Gasteiger partial charge in [0, 0.05) is 0 Å². The molecular formula is C11H19NO6. The summed E-state index contributed by atoms with van der Waals surface area (Å²) in [5.41, 5.74) is -0.650. The molecule has 7 heteroatoms. The van der Waals surface area contributed by atoms with Gasteiger partial charge in [0.05, 0.1) is 25.8 Å². The van der Waals surface area contributed by atoms with E-state index in [2.05, 4.69) is 0 Å². The van der Waals surface area contributed by atoms with Crippen molar-refractivity contribution in [3.63, 3.8) is 0 Å². The number of carbonyl (C=O) groups is 2. The van der Waals surface area contributed by atoms with E-state index in [1.807, 2.05) is 0 Å². The van der Waals surface area contributed by atoms with E-state index in [9.17, 15) is 9.59 Å². The molecule has 2 unspecified atom stereocenters. The fraction of sp³-hybridized carbons (Fsp3) is 0.818. The van der Waals surface area contributed by atoms with Crippen LogP contribution in [-0.2, 0) is 14.3 Å². The SMILES string of the molecule is CC(C)(C)OC(=O)N1CC(CO)OC(C(=O)O)C1. The molecule has 2 atom stereocenters. The van der Waals surface area contributed by atoms with Crippen LogP contribution in [0.2, 0.25) is 0 Å². The van der Waals surface area contributed by atoms with Gasteiger partial charge >= 0.3 is 12.1 Å². The molecule has 0 spiro atoms. The third-order valence-corrected chi connectivity index (χ3v) is 2.30. The molecule has 2 N–H and O–H groups in total. The number of nitrogens with zero attached hydrogens (tertiary/aromatic N) is 1. The van der Waals surface area contributed by atoms with Gasteiger partial charge in [-0.05, 0) is 20.8 Å². The maximum absolute atomic E-state index is 11.8. The Bertz CT molecular complexity index is 324. The Morgan fingerprint density at radius 3 is 2.44 bits per heavy atom. The van der Waals surface area contributed by atoms with Gasteiger partial charge in [-0.3, -0.25) is 0 Å². The molecule has 7 nitrogen and oxygen atoms in total. The number of carbonyl (C=O) groups excluding carboxylic acids is 1. The second-order valence-corrected chi connectivity index (χ2v) is 5.15. The number of carboxylic acids is 1. The number of carboxylic acid groups (broad SMARTS) is 1. The third kappa shape index (κ3) is 4.15. The molecule has 1 amide bonds. The second-order valence-electron chi connectivity index (χ2n) is 5.15. The van der Waals surface area contributed by atoms with E-state index in [0.29, 0.717) is 0 Å². The topological polar surface area (TPSA) is 96.3 Å². The van der Waals surface area contributed by atoms with E-state index in [4.69, 9.17) is 19.7 Å². The number of aliphatic hydroxyl groups is 1. The van der Waals surface area contributed by atoms with Crippen LogP contribution < -0.4 is 0 Å². The summed E-state index contributed by atoms with van der Waals surface area (Å²) in [5, 5.41) is 17.9. The van der Waals surface area contributed by atoms with Gasteiger partial charge in [-0.1, -0.05) is 0 Å². The van der Waals surface area contributed by atoms with E-state index < -0.39 is 29.9 Å². The molecule has 0 radical (unpaired) electrons. The fourth-order valence-corrected chi connectivity index (χ4v) is 1.55. The van der Waals surface area contributed by atoms with Crippen molar-refractivity contribution in [2.45, 2.75) is 38.6 Å². The number of morpholine rings is 1.